The van der Waals surface area contributed by atoms with Crippen LogP contribution in [0.25, 0.3) is 0 Å². The van der Waals surface area contributed by atoms with Gasteiger partial charge in [-0.05, 0) is 68.7 Å². The highest BCUT2D eigenvalue weighted by molar-refractivity contribution is 5.37. The minimum Gasteiger partial charge on any atom is -0.497 e. The van der Waals surface area contributed by atoms with Crippen LogP contribution in [-0.2, 0) is 4.74 Å². The van der Waals surface area contributed by atoms with Gasteiger partial charge in [-0.2, -0.15) is 0 Å². The number of hydrogen-bond donors (Lipinski definition) is 1. The predicted octanol–water partition coefficient (Wildman–Crippen LogP) is 4.02. The zero-order chi connectivity index (χ0) is 15.5. The third kappa shape index (κ3) is 3.41. The molecule has 21 heavy (non-hydrogen) atoms. The first-order valence-corrected chi connectivity index (χ1v) is 7.99. The molecule has 3 nitrogen and oxygen atoms in total. The Morgan fingerprint density at radius 1 is 1.33 bits per heavy atom. The molecule has 1 aromatic carbocycles. The minimum absolute atomic E-state index is 0.430. The molecule has 1 aromatic rings. The van der Waals surface area contributed by atoms with Gasteiger partial charge < -0.3 is 14.6 Å². The van der Waals surface area contributed by atoms with Crippen LogP contribution < -0.4 is 4.74 Å². The van der Waals surface area contributed by atoms with Gasteiger partial charge >= 0.3 is 0 Å². The molecular weight excluding hydrogens is 264 g/mol. The van der Waals surface area contributed by atoms with E-state index in [2.05, 4.69) is 6.92 Å². The van der Waals surface area contributed by atoms with E-state index < -0.39 is 11.7 Å². The fourth-order valence-electron chi connectivity index (χ4n) is 3.40. The van der Waals surface area contributed by atoms with E-state index in [4.69, 9.17) is 9.47 Å². The quantitative estimate of drug-likeness (QED) is 0.890. The normalized spacial score (nSPS) is 27.4. The molecule has 1 fully saturated rings. The van der Waals surface area contributed by atoms with Gasteiger partial charge in [0.1, 0.15) is 11.9 Å². The van der Waals surface area contributed by atoms with E-state index >= 15 is 0 Å². The molecule has 0 heterocycles. The average molecular weight is 292 g/mol. The molecule has 1 aliphatic carbocycles. The fraction of sp³-hybridized carbons (Fsp3) is 0.667. The van der Waals surface area contributed by atoms with Gasteiger partial charge in [-0.3, -0.25) is 0 Å². The van der Waals surface area contributed by atoms with Gasteiger partial charge in [0, 0.05) is 6.61 Å². The summed E-state index contributed by atoms with van der Waals surface area (Å²) in [4.78, 5) is 0. The summed E-state index contributed by atoms with van der Waals surface area (Å²) >= 11 is 0. The first-order valence-electron chi connectivity index (χ1n) is 7.99. The first-order chi connectivity index (χ1) is 10.0. The van der Waals surface area contributed by atoms with E-state index in [1.54, 1.807) is 7.11 Å². The molecule has 0 aliphatic heterocycles. The number of aliphatic hydroxyl groups is 1. The Labute approximate surface area is 128 Å². The van der Waals surface area contributed by atoms with Crippen molar-refractivity contribution in [1.82, 2.24) is 0 Å². The summed E-state index contributed by atoms with van der Waals surface area (Å²) in [5.41, 5.74) is 1.58. The molecule has 0 amide bonds. The number of ether oxygens (including phenoxy) is 2. The predicted molar refractivity (Wildman–Crippen MR) is 84.7 cm³/mol. The molecule has 1 atom stereocenters. The average Bonchev–Trinajstić information content (AvgIpc) is 2.49. The summed E-state index contributed by atoms with van der Waals surface area (Å²) in [6.45, 7) is 6.95. The number of methoxy groups -OCH3 is 1. The molecule has 0 bridgehead atoms. The van der Waals surface area contributed by atoms with Gasteiger partial charge in [-0.25, -0.2) is 0 Å². The van der Waals surface area contributed by atoms with E-state index in [1.165, 1.54) is 0 Å². The fourth-order valence-corrected chi connectivity index (χ4v) is 3.40. The maximum absolute atomic E-state index is 11.0. The Kier molecular flexibility index (Phi) is 5.28. The van der Waals surface area contributed by atoms with Crippen LogP contribution in [0, 0.1) is 12.8 Å². The second-order valence-electron chi connectivity index (χ2n) is 6.31. The lowest BCUT2D eigenvalue weighted by Gasteiger charge is -2.43. The lowest BCUT2D eigenvalue weighted by molar-refractivity contribution is -0.146. The Bertz CT molecular complexity index is 462. The molecule has 0 saturated heterocycles. The number of benzene rings is 1. The largest absolute Gasteiger partial charge is 0.497 e. The van der Waals surface area contributed by atoms with Gasteiger partial charge in [0.15, 0.2) is 0 Å². The molecule has 0 aromatic heterocycles. The van der Waals surface area contributed by atoms with E-state index in [-0.39, 0.29) is 0 Å². The lowest BCUT2D eigenvalue weighted by Crippen LogP contribution is -2.43. The van der Waals surface area contributed by atoms with Crippen LogP contribution in [0.15, 0.2) is 18.2 Å². The Hall–Kier alpha value is -1.06. The summed E-state index contributed by atoms with van der Waals surface area (Å²) in [5.74, 6) is 1.55. The molecule has 1 saturated carbocycles. The third-order valence-electron chi connectivity index (χ3n) is 4.82. The molecule has 1 aliphatic rings. The molecule has 1 N–H and O–H groups in total. The molecule has 1 unspecified atom stereocenters. The highest BCUT2D eigenvalue weighted by Gasteiger charge is 2.42. The van der Waals surface area contributed by atoms with Gasteiger partial charge in [0.05, 0.1) is 12.7 Å². The Morgan fingerprint density at radius 2 is 2.00 bits per heavy atom. The summed E-state index contributed by atoms with van der Waals surface area (Å²) in [6, 6.07) is 5.86. The molecule has 2 rings (SSSR count). The van der Waals surface area contributed by atoms with Crippen molar-refractivity contribution in [3.63, 3.8) is 0 Å². The van der Waals surface area contributed by atoms with Crippen molar-refractivity contribution in [3.05, 3.63) is 29.3 Å². The monoisotopic (exact) mass is 292 g/mol. The van der Waals surface area contributed by atoms with Crippen molar-refractivity contribution < 1.29 is 14.6 Å². The van der Waals surface area contributed by atoms with Gasteiger partial charge in [-0.15, -0.1) is 0 Å². The highest BCUT2D eigenvalue weighted by Crippen LogP contribution is 2.44. The van der Waals surface area contributed by atoms with E-state index in [0.717, 1.165) is 48.5 Å². The van der Waals surface area contributed by atoms with Crippen LogP contribution in [0.3, 0.4) is 0 Å². The van der Waals surface area contributed by atoms with Gasteiger partial charge in [-0.1, -0.05) is 13.0 Å². The number of hydrogen-bond acceptors (Lipinski definition) is 3. The minimum atomic E-state index is -0.573. The van der Waals surface area contributed by atoms with E-state index in [1.807, 2.05) is 32.0 Å². The third-order valence-corrected chi connectivity index (χ3v) is 4.82. The number of rotatable bonds is 5. The smallest absolute Gasteiger partial charge is 0.119 e. The van der Waals surface area contributed by atoms with Crippen LogP contribution in [0.1, 0.15) is 56.8 Å². The lowest BCUT2D eigenvalue weighted by atomic mass is 9.74. The van der Waals surface area contributed by atoms with Crippen molar-refractivity contribution in [3.8, 4) is 5.75 Å². The van der Waals surface area contributed by atoms with Crippen molar-refractivity contribution in [2.75, 3.05) is 13.7 Å². The molecule has 0 radical (unpaired) electrons. The molecule has 0 spiro atoms. The maximum Gasteiger partial charge on any atom is 0.119 e. The first kappa shape index (κ1) is 16.3. The molecule has 118 valence electrons. The maximum atomic E-state index is 11.0. The number of aliphatic hydroxyl groups excluding tert-OH is 1. The zero-order valence-electron chi connectivity index (χ0n) is 13.7. The summed E-state index contributed by atoms with van der Waals surface area (Å²) in [7, 11) is 1.66. The van der Waals surface area contributed by atoms with Crippen molar-refractivity contribution in [1.29, 1.82) is 0 Å². The summed E-state index contributed by atoms with van der Waals surface area (Å²) in [5, 5.41) is 11.0. The van der Waals surface area contributed by atoms with Crippen molar-refractivity contribution >= 4 is 0 Å². The second kappa shape index (κ2) is 6.80. The van der Waals surface area contributed by atoms with Crippen LogP contribution >= 0.6 is 0 Å². The molecule has 3 heteroatoms. The van der Waals surface area contributed by atoms with E-state index in [9.17, 15) is 5.11 Å². The topological polar surface area (TPSA) is 38.7 Å². The summed E-state index contributed by atoms with van der Waals surface area (Å²) < 4.78 is 11.3. The number of aryl methyl sites for hydroxylation is 1. The van der Waals surface area contributed by atoms with Gasteiger partial charge in [0.2, 0.25) is 0 Å². The Morgan fingerprint density at radius 3 is 2.52 bits per heavy atom. The van der Waals surface area contributed by atoms with E-state index in [0.29, 0.717) is 6.61 Å². The molecular formula is C18H28O3. The highest BCUT2D eigenvalue weighted by atomic mass is 16.5. The van der Waals surface area contributed by atoms with Crippen LogP contribution in [0.5, 0.6) is 5.75 Å². The summed E-state index contributed by atoms with van der Waals surface area (Å²) in [6.07, 6.45) is 3.51. The van der Waals surface area contributed by atoms with Crippen LogP contribution in [-0.4, -0.2) is 24.4 Å². The van der Waals surface area contributed by atoms with Crippen LogP contribution in [0.2, 0.25) is 0 Å². The second-order valence-corrected chi connectivity index (χ2v) is 6.31. The standard InChI is InChI=1S/C18H28O3/c1-5-21-18(10-8-13(2)9-11-18)17(19)16-7-6-15(20-4)12-14(16)3/h6-7,12-13,17,19H,5,8-11H2,1-4H3. The van der Waals surface area contributed by atoms with Crippen LogP contribution in [0.4, 0.5) is 0 Å². The Balaban J connectivity index is 2.28. The van der Waals surface area contributed by atoms with Gasteiger partial charge in [0.25, 0.3) is 0 Å². The SMILES string of the molecule is CCOC1(C(O)c2ccc(OC)cc2C)CCC(C)CC1. The van der Waals surface area contributed by atoms with Crippen molar-refractivity contribution in [2.24, 2.45) is 5.92 Å². The van der Waals surface area contributed by atoms with Crippen molar-refractivity contribution in [2.45, 2.75) is 58.2 Å². The zero-order valence-corrected chi connectivity index (χ0v) is 13.7.